The molecule has 22 heavy (non-hydrogen) atoms. The van der Waals surface area contributed by atoms with Crippen LogP contribution < -0.4 is 0 Å². The predicted molar refractivity (Wildman–Crippen MR) is 82.6 cm³/mol. The van der Waals surface area contributed by atoms with Crippen molar-refractivity contribution in [2.75, 3.05) is 19.7 Å². The minimum atomic E-state index is -0.147. The Hall–Kier alpha value is -0.980. The number of rotatable bonds is 4. The van der Waals surface area contributed by atoms with Crippen LogP contribution in [0.1, 0.15) is 36.4 Å². The first-order chi connectivity index (χ1) is 10.6. The number of aryl methyl sites for hydroxylation is 1. The second-order valence-electron chi connectivity index (χ2n) is 6.78. The van der Waals surface area contributed by atoms with E-state index in [0.29, 0.717) is 18.4 Å². The van der Waals surface area contributed by atoms with Gasteiger partial charge in [0.2, 0.25) is 5.91 Å². The number of hydrogen-bond acceptors (Lipinski definition) is 5. The van der Waals surface area contributed by atoms with Gasteiger partial charge in [-0.25, -0.2) is 4.98 Å². The van der Waals surface area contributed by atoms with Crippen molar-refractivity contribution >= 4 is 17.2 Å². The highest BCUT2D eigenvalue weighted by molar-refractivity contribution is 7.09. The third-order valence-corrected chi connectivity index (χ3v) is 5.60. The Kier molecular flexibility index (Phi) is 3.71. The number of thiazole rings is 1. The second-order valence-corrected chi connectivity index (χ2v) is 7.85. The van der Waals surface area contributed by atoms with Crippen LogP contribution in [0.25, 0.3) is 0 Å². The zero-order valence-electron chi connectivity index (χ0n) is 12.9. The molecule has 2 aliphatic heterocycles. The fourth-order valence-electron chi connectivity index (χ4n) is 3.42. The summed E-state index contributed by atoms with van der Waals surface area (Å²) >= 11 is 1.66. The van der Waals surface area contributed by atoms with Crippen molar-refractivity contribution in [3.63, 3.8) is 0 Å². The molecule has 6 heteroatoms. The van der Waals surface area contributed by atoms with Gasteiger partial charge < -0.3 is 14.4 Å². The van der Waals surface area contributed by atoms with Gasteiger partial charge in [0.1, 0.15) is 5.60 Å². The number of ether oxygens (including phenoxy) is 2. The summed E-state index contributed by atoms with van der Waals surface area (Å²) in [5.74, 6) is 0.635. The lowest BCUT2D eigenvalue weighted by Gasteiger charge is -2.53. The summed E-state index contributed by atoms with van der Waals surface area (Å²) in [7, 11) is 0. The molecule has 1 aliphatic carbocycles. The van der Waals surface area contributed by atoms with Gasteiger partial charge in [-0.15, -0.1) is 11.3 Å². The van der Waals surface area contributed by atoms with E-state index in [1.54, 1.807) is 11.3 Å². The van der Waals surface area contributed by atoms with Crippen LogP contribution in [-0.4, -0.2) is 47.2 Å². The Balaban J connectivity index is 1.28. The quantitative estimate of drug-likeness (QED) is 0.852. The third-order valence-electron chi connectivity index (χ3n) is 4.78. The number of carbonyl (C=O) groups is 1. The maximum absolute atomic E-state index is 12.0. The first kappa shape index (κ1) is 14.6. The van der Waals surface area contributed by atoms with Crippen LogP contribution in [0.5, 0.6) is 0 Å². The first-order valence-corrected chi connectivity index (χ1v) is 8.97. The molecule has 1 aromatic heterocycles. The van der Waals surface area contributed by atoms with E-state index in [2.05, 4.69) is 10.4 Å². The van der Waals surface area contributed by atoms with Crippen molar-refractivity contribution < 1.29 is 14.3 Å². The highest BCUT2D eigenvalue weighted by atomic mass is 32.1. The monoisotopic (exact) mass is 322 g/mol. The lowest BCUT2D eigenvalue weighted by Crippen LogP contribution is -2.67. The summed E-state index contributed by atoms with van der Waals surface area (Å²) in [4.78, 5) is 18.4. The number of likely N-dealkylation sites (tertiary alicyclic amines) is 1. The molecule has 0 N–H and O–H groups in total. The van der Waals surface area contributed by atoms with Crippen molar-refractivity contribution in [3.05, 3.63) is 16.1 Å². The van der Waals surface area contributed by atoms with Gasteiger partial charge in [0, 0.05) is 24.3 Å². The van der Waals surface area contributed by atoms with E-state index < -0.39 is 0 Å². The number of hydrogen-bond donors (Lipinski definition) is 0. The van der Waals surface area contributed by atoms with Gasteiger partial charge in [0.15, 0.2) is 0 Å². The standard InChI is InChI=1S/C16H22N2O3S/c1-11-17-13(8-22-11)7-20-14-4-5-21-16(6-14)9-18(10-16)15(19)12-2-3-12/h8,12,14H,2-7,9-10H2,1H3. The number of amides is 1. The smallest absolute Gasteiger partial charge is 0.225 e. The van der Waals surface area contributed by atoms with Crippen molar-refractivity contribution in [2.45, 2.75) is 50.9 Å². The molecule has 2 saturated heterocycles. The van der Waals surface area contributed by atoms with Crippen LogP contribution in [0.3, 0.4) is 0 Å². The van der Waals surface area contributed by atoms with E-state index >= 15 is 0 Å². The van der Waals surface area contributed by atoms with E-state index in [1.807, 2.05) is 11.8 Å². The van der Waals surface area contributed by atoms with Crippen molar-refractivity contribution in [1.29, 1.82) is 0 Å². The van der Waals surface area contributed by atoms with Gasteiger partial charge in [-0.3, -0.25) is 4.79 Å². The maximum Gasteiger partial charge on any atom is 0.225 e. The molecule has 1 spiro atoms. The fourth-order valence-corrected chi connectivity index (χ4v) is 4.01. The highest BCUT2D eigenvalue weighted by Gasteiger charge is 2.51. The molecular weight excluding hydrogens is 300 g/mol. The van der Waals surface area contributed by atoms with Crippen LogP contribution in [0.15, 0.2) is 5.38 Å². The molecule has 4 rings (SSSR count). The van der Waals surface area contributed by atoms with Crippen molar-refractivity contribution in [3.8, 4) is 0 Å². The molecule has 120 valence electrons. The van der Waals surface area contributed by atoms with Crippen LogP contribution in [-0.2, 0) is 20.9 Å². The maximum atomic E-state index is 12.0. The molecule has 1 amide bonds. The molecule has 1 aromatic rings. The van der Waals surface area contributed by atoms with Gasteiger partial charge in [-0.2, -0.15) is 0 Å². The topological polar surface area (TPSA) is 51.7 Å². The van der Waals surface area contributed by atoms with E-state index in [0.717, 1.165) is 56.1 Å². The zero-order chi connectivity index (χ0) is 15.2. The Morgan fingerprint density at radius 1 is 1.50 bits per heavy atom. The summed E-state index contributed by atoms with van der Waals surface area (Å²) in [5.41, 5.74) is 0.869. The minimum Gasteiger partial charge on any atom is -0.372 e. The zero-order valence-corrected chi connectivity index (χ0v) is 13.7. The molecule has 3 heterocycles. The molecule has 1 saturated carbocycles. The van der Waals surface area contributed by atoms with E-state index in [4.69, 9.17) is 9.47 Å². The van der Waals surface area contributed by atoms with Crippen LogP contribution in [0.4, 0.5) is 0 Å². The normalized spacial score (nSPS) is 27.0. The Bertz CT molecular complexity index is 563. The van der Waals surface area contributed by atoms with Gasteiger partial charge >= 0.3 is 0 Å². The van der Waals surface area contributed by atoms with Gasteiger partial charge in [-0.1, -0.05) is 0 Å². The van der Waals surface area contributed by atoms with E-state index in [1.165, 1.54) is 0 Å². The molecule has 5 nitrogen and oxygen atoms in total. The molecule has 0 aromatic carbocycles. The largest absolute Gasteiger partial charge is 0.372 e. The predicted octanol–water partition coefficient (Wildman–Crippen LogP) is 2.14. The molecule has 3 fully saturated rings. The highest BCUT2D eigenvalue weighted by Crippen LogP contribution is 2.39. The molecule has 0 bridgehead atoms. The summed E-state index contributed by atoms with van der Waals surface area (Å²) < 4.78 is 12.0. The van der Waals surface area contributed by atoms with E-state index in [-0.39, 0.29) is 11.7 Å². The lowest BCUT2D eigenvalue weighted by molar-refractivity contribution is -0.203. The average Bonchev–Trinajstić information content (AvgIpc) is 3.25. The Morgan fingerprint density at radius 3 is 3.00 bits per heavy atom. The van der Waals surface area contributed by atoms with E-state index in [9.17, 15) is 4.79 Å². The minimum absolute atomic E-state index is 0.147. The SMILES string of the molecule is Cc1nc(COC2CCOC3(C2)CN(C(=O)C2CC2)C3)cs1. The van der Waals surface area contributed by atoms with Gasteiger partial charge in [0.25, 0.3) is 0 Å². The summed E-state index contributed by atoms with van der Waals surface area (Å²) in [6, 6.07) is 0. The number of aromatic nitrogens is 1. The Labute approximate surface area is 134 Å². The first-order valence-electron chi connectivity index (χ1n) is 8.09. The van der Waals surface area contributed by atoms with Crippen molar-refractivity contribution in [2.24, 2.45) is 5.92 Å². The summed E-state index contributed by atoms with van der Waals surface area (Å²) in [6.07, 6.45) is 4.18. The fraction of sp³-hybridized carbons (Fsp3) is 0.750. The summed E-state index contributed by atoms with van der Waals surface area (Å²) in [5, 5.41) is 3.14. The van der Waals surface area contributed by atoms with Crippen molar-refractivity contribution in [1.82, 2.24) is 9.88 Å². The Morgan fingerprint density at radius 2 is 2.32 bits per heavy atom. The molecule has 3 aliphatic rings. The van der Waals surface area contributed by atoms with Gasteiger partial charge in [0.05, 0.1) is 36.5 Å². The molecule has 0 radical (unpaired) electrons. The average molecular weight is 322 g/mol. The van der Waals surface area contributed by atoms with Crippen LogP contribution in [0.2, 0.25) is 0 Å². The van der Waals surface area contributed by atoms with Crippen LogP contribution in [0, 0.1) is 12.8 Å². The number of carbonyl (C=O) groups excluding carboxylic acids is 1. The molecule has 1 atom stereocenters. The second kappa shape index (κ2) is 5.58. The molecular formula is C16H22N2O3S. The summed E-state index contributed by atoms with van der Waals surface area (Å²) in [6.45, 7) is 4.81. The van der Waals surface area contributed by atoms with Crippen LogP contribution >= 0.6 is 11.3 Å². The van der Waals surface area contributed by atoms with Gasteiger partial charge in [-0.05, 0) is 26.2 Å². The third kappa shape index (κ3) is 2.92. The number of nitrogens with zero attached hydrogens (tertiary/aromatic N) is 2. The molecule has 1 unspecified atom stereocenters. The lowest BCUT2D eigenvalue weighted by atomic mass is 9.84.